The van der Waals surface area contributed by atoms with Crippen LogP contribution in [0.4, 0.5) is 0 Å². The Hall–Kier alpha value is -0.980. The Morgan fingerprint density at radius 3 is 1.75 bits per heavy atom. The van der Waals surface area contributed by atoms with Gasteiger partial charge in [-0.3, -0.25) is 0 Å². The van der Waals surface area contributed by atoms with E-state index in [1.165, 1.54) is 0 Å². The van der Waals surface area contributed by atoms with Crippen molar-refractivity contribution in [1.82, 2.24) is 4.57 Å². The summed E-state index contributed by atoms with van der Waals surface area (Å²) >= 11 is 0. The molecule has 0 bridgehead atoms. The van der Waals surface area contributed by atoms with E-state index in [9.17, 15) is 0 Å². The predicted molar refractivity (Wildman–Crippen MR) is 35.7 cm³/mol. The smallest absolute Gasteiger partial charge is 0.0335 e. The van der Waals surface area contributed by atoms with Crippen molar-refractivity contribution in [2.45, 2.75) is 0 Å². The first-order chi connectivity index (χ1) is 3.72. The SMILES string of the molecule is C=c1ccc(=C)n1C. The minimum atomic E-state index is 1.01. The molecule has 0 aliphatic carbocycles. The Morgan fingerprint density at radius 2 is 1.62 bits per heavy atom. The van der Waals surface area contributed by atoms with Gasteiger partial charge in [-0.1, -0.05) is 13.2 Å². The zero-order valence-corrected chi connectivity index (χ0v) is 5.02. The van der Waals surface area contributed by atoms with E-state index in [0.717, 1.165) is 10.7 Å². The molecule has 1 heterocycles. The van der Waals surface area contributed by atoms with Gasteiger partial charge >= 0.3 is 0 Å². The number of hydrogen-bond acceptors (Lipinski definition) is 0. The maximum Gasteiger partial charge on any atom is 0.0335 e. The van der Waals surface area contributed by atoms with Gasteiger partial charge in [-0.05, 0) is 12.1 Å². The summed E-state index contributed by atoms with van der Waals surface area (Å²) in [6.07, 6.45) is 0. The van der Waals surface area contributed by atoms with Gasteiger partial charge in [0.15, 0.2) is 0 Å². The van der Waals surface area contributed by atoms with Gasteiger partial charge in [0.05, 0.1) is 0 Å². The van der Waals surface area contributed by atoms with Crippen LogP contribution in [0, 0.1) is 0 Å². The third-order valence-corrected chi connectivity index (χ3v) is 1.33. The molecule has 0 radical (unpaired) electrons. The molecule has 0 atom stereocenters. The van der Waals surface area contributed by atoms with Gasteiger partial charge in [-0.15, -0.1) is 0 Å². The highest BCUT2D eigenvalue weighted by molar-refractivity contribution is 5.07. The Balaban J connectivity index is 3.66. The van der Waals surface area contributed by atoms with E-state index in [0.29, 0.717) is 0 Å². The molecular formula is C7H9N. The quantitative estimate of drug-likeness (QED) is 0.434. The molecule has 0 spiro atoms. The third-order valence-electron chi connectivity index (χ3n) is 1.33. The van der Waals surface area contributed by atoms with Gasteiger partial charge < -0.3 is 4.57 Å². The first-order valence-corrected chi connectivity index (χ1v) is 2.51. The molecule has 1 rings (SSSR count). The lowest BCUT2D eigenvalue weighted by molar-refractivity contribution is 0.864. The van der Waals surface area contributed by atoms with Crippen molar-refractivity contribution in [3.63, 3.8) is 0 Å². The van der Waals surface area contributed by atoms with Crippen molar-refractivity contribution in [1.29, 1.82) is 0 Å². The molecular weight excluding hydrogens is 98.1 g/mol. The van der Waals surface area contributed by atoms with Gasteiger partial charge in [0.2, 0.25) is 0 Å². The summed E-state index contributed by atoms with van der Waals surface area (Å²) in [6, 6.07) is 3.89. The van der Waals surface area contributed by atoms with Gasteiger partial charge in [0, 0.05) is 17.7 Å². The standard InChI is InChI=1S/C7H9N/c1-6-4-5-7(2)8(6)3/h4-5H,1-2H2,3H3. The second kappa shape index (κ2) is 1.51. The minimum Gasteiger partial charge on any atom is -0.346 e. The van der Waals surface area contributed by atoms with Crippen LogP contribution in [-0.2, 0) is 7.05 Å². The average molecular weight is 107 g/mol. The fourth-order valence-electron chi connectivity index (χ4n) is 0.600. The van der Waals surface area contributed by atoms with Crippen LogP contribution in [0.5, 0.6) is 0 Å². The molecule has 1 nitrogen and oxygen atoms in total. The van der Waals surface area contributed by atoms with E-state index < -0.39 is 0 Å². The minimum absolute atomic E-state index is 1.01. The van der Waals surface area contributed by atoms with Crippen molar-refractivity contribution in [2.24, 2.45) is 7.05 Å². The van der Waals surface area contributed by atoms with Crippen LogP contribution in [0.2, 0.25) is 0 Å². The molecule has 0 N–H and O–H groups in total. The fourth-order valence-corrected chi connectivity index (χ4v) is 0.600. The van der Waals surface area contributed by atoms with Gasteiger partial charge in [0.1, 0.15) is 0 Å². The van der Waals surface area contributed by atoms with E-state index in [1.54, 1.807) is 0 Å². The average Bonchev–Trinajstić information content (AvgIpc) is 1.98. The molecule has 8 heavy (non-hydrogen) atoms. The third kappa shape index (κ3) is 0.561. The Labute approximate surface area is 48.6 Å². The largest absolute Gasteiger partial charge is 0.346 e. The van der Waals surface area contributed by atoms with Crippen molar-refractivity contribution in [3.8, 4) is 0 Å². The molecule has 1 aromatic rings. The summed E-state index contributed by atoms with van der Waals surface area (Å²) in [4.78, 5) is 0. The van der Waals surface area contributed by atoms with E-state index in [4.69, 9.17) is 0 Å². The van der Waals surface area contributed by atoms with E-state index in [2.05, 4.69) is 13.2 Å². The van der Waals surface area contributed by atoms with Crippen molar-refractivity contribution in [3.05, 3.63) is 22.8 Å². The van der Waals surface area contributed by atoms with Gasteiger partial charge in [-0.25, -0.2) is 0 Å². The maximum atomic E-state index is 3.76. The van der Waals surface area contributed by atoms with Crippen LogP contribution in [0.25, 0.3) is 13.2 Å². The van der Waals surface area contributed by atoms with Crippen LogP contribution in [-0.4, -0.2) is 4.57 Å². The lowest BCUT2D eigenvalue weighted by Gasteiger charge is -1.86. The summed E-state index contributed by atoms with van der Waals surface area (Å²) in [6.45, 7) is 7.53. The van der Waals surface area contributed by atoms with Crippen LogP contribution in [0.15, 0.2) is 12.1 Å². The highest BCUT2D eigenvalue weighted by Gasteiger charge is 1.80. The van der Waals surface area contributed by atoms with E-state index in [-0.39, 0.29) is 0 Å². The number of aromatic nitrogens is 1. The fraction of sp³-hybridized carbons (Fsp3) is 0.143. The van der Waals surface area contributed by atoms with E-state index in [1.807, 2.05) is 23.7 Å². The topological polar surface area (TPSA) is 4.93 Å². The molecule has 0 saturated carbocycles. The Morgan fingerprint density at radius 1 is 1.25 bits per heavy atom. The summed E-state index contributed by atoms with van der Waals surface area (Å²) in [5.74, 6) is 0. The second-order valence-corrected chi connectivity index (χ2v) is 1.88. The molecule has 0 saturated heterocycles. The monoisotopic (exact) mass is 107 g/mol. The highest BCUT2D eigenvalue weighted by Crippen LogP contribution is 1.61. The maximum absolute atomic E-state index is 3.76. The van der Waals surface area contributed by atoms with Crippen molar-refractivity contribution < 1.29 is 0 Å². The zero-order valence-electron chi connectivity index (χ0n) is 5.02. The molecule has 0 fully saturated rings. The summed E-state index contributed by atoms with van der Waals surface area (Å²) in [7, 11) is 1.95. The molecule has 0 aliphatic rings. The second-order valence-electron chi connectivity index (χ2n) is 1.88. The lowest BCUT2D eigenvalue weighted by atomic mass is 10.6. The molecule has 0 amide bonds. The number of rotatable bonds is 0. The summed E-state index contributed by atoms with van der Waals surface area (Å²) < 4.78 is 1.94. The molecule has 42 valence electrons. The zero-order chi connectivity index (χ0) is 6.15. The van der Waals surface area contributed by atoms with Crippen molar-refractivity contribution >= 4 is 13.2 Å². The van der Waals surface area contributed by atoms with Crippen LogP contribution in [0.1, 0.15) is 0 Å². The first-order valence-electron chi connectivity index (χ1n) is 2.51. The van der Waals surface area contributed by atoms with Crippen LogP contribution < -0.4 is 10.7 Å². The summed E-state index contributed by atoms with van der Waals surface area (Å²) in [5.41, 5.74) is 0. The molecule has 1 heteroatoms. The lowest BCUT2D eigenvalue weighted by Crippen LogP contribution is -2.19. The van der Waals surface area contributed by atoms with Crippen molar-refractivity contribution in [2.75, 3.05) is 0 Å². The van der Waals surface area contributed by atoms with Gasteiger partial charge in [0.25, 0.3) is 0 Å². The molecule has 0 unspecified atom stereocenters. The normalized spacial score (nSPS) is 9.62. The molecule has 0 aliphatic heterocycles. The van der Waals surface area contributed by atoms with E-state index >= 15 is 0 Å². The first kappa shape index (κ1) is 5.16. The number of nitrogens with zero attached hydrogens (tertiary/aromatic N) is 1. The van der Waals surface area contributed by atoms with Crippen LogP contribution in [0.3, 0.4) is 0 Å². The molecule has 0 aromatic carbocycles. The van der Waals surface area contributed by atoms with Gasteiger partial charge in [-0.2, -0.15) is 0 Å². The highest BCUT2D eigenvalue weighted by atomic mass is 14.9. The predicted octanol–water partition coefficient (Wildman–Crippen LogP) is -0.154. The number of hydrogen-bond donors (Lipinski definition) is 0. The summed E-state index contributed by atoms with van der Waals surface area (Å²) in [5, 5.41) is 2.02. The Bertz CT molecular complexity index is 242. The molecule has 1 aromatic heterocycles. The Kier molecular flexibility index (Phi) is 0.975. The van der Waals surface area contributed by atoms with Crippen LogP contribution >= 0.6 is 0 Å².